The number of para-hydroxylation sites is 1. The van der Waals surface area contributed by atoms with E-state index in [-0.39, 0.29) is 5.43 Å². The van der Waals surface area contributed by atoms with Crippen LogP contribution in [0.1, 0.15) is 6.92 Å². The predicted molar refractivity (Wildman–Crippen MR) is 65.7 cm³/mol. The maximum Gasteiger partial charge on any atom is 0.202 e. The summed E-state index contributed by atoms with van der Waals surface area (Å²) in [5.74, 6) is 0. The molecule has 2 nitrogen and oxygen atoms in total. The summed E-state index contributed by atoms with van der Waals surface area (Å²) in [7, 11) is 0. The summed E-state index contributed by atoms with van der Waals surface area (Å²) >= 11 is 1.51. The van der Waals surface area contributed by atoms with Gasteiger partial charge >= 0.3 is 0 Å². The van der Waals surface area contributed by atoms with E-state index in [1.165, 1.54) is 11.8 Å². The molecule has 3 heteroatoms. The highest BCUT2D eigenvalue weighted by Gasteiger charge is 2.06. The van der Waals surface area contributed by atoms with Crippen molar-refractivity contribution in [3.8, 4) is 0 Å². The molecule has 0 spiro atoms. The van der Waals surface area contributed by atoms with Crippen LogP contribution in [0.4, 0.5) is 0 Å². The molecule has 0 atom stereocenters. The summed E-state index contributed by atoms with van der Waals surface area (Å²) in [6.07, 6.45) is 3.88. The normalized spacial score (nSPS) is 10.8. The van der Waals surface area contributed by atoms with E-state index in [0.717, 1.165) is 22.3 Å². The zero-order valence-electron chi connectivity index (χ0n) is 8.86. The largest absolute Gasteiger partial charge is 0.346 e. The number of thioether (sulfide) groups is 1. The highest BCUT2D eigenvalue weighted by atomic mass is 32.2. The molecule has 0 amide bonds. The average molecular weight is 219 g/mol. The summed E-state index contributed by atoms with van der Waals surface area (Å²) in [5, 5.41) is 0.811. The van der Waals surface area contributed by atoms with Crippen molar-refractivity contribution in [2.75, 3.05) is 6.26 Å². The predicted octanol–water partition coefficient (Wildman–Crippen LogP) is 2.74. The molecule has 0 bridgehead atoms. The monoisotopic (exact) mass is 219 g/mol. The minimum Gasteiger partial charge on any atom is -0.346 e. The topological polar surface area (TPSA) is 22.0 Å². The zero-order valence-corrected chi connectivity index (χ0v) is 9.67. The Morgan fingerprint density at radius 1 is 1.33 bits per heavy atom. The smallest absolute Gasteiger partial charge is 0.202 e. The fraction of sp³-hybridized carbons (Fsp3) is 0.250. The maximum atomic E-state index is 12.0. The lowest BCUT2D eigenvalue weighted by atomic mass is 10.2. The quantitative estimate of drug-likeness (QED) is 0.724. The van der Waals surface area contributed by atoms with Crippen molar-refractivity contribution in [1.82, 2.24) is 4.57 Å². The fourth-order valence-electron chi connectivity index (χ4n) is 1.73. The third-order valence-electron chi connectivity index (χ3n) is 2.52. The molecule has 0 aliphatic carbocycles. The number of rotatable bonds is 2. The number of fused-ring (bicyclic) bond motifs is 1. The Morgan fingerprint density at radius 3 is 2.73 bits per heavy atom. The minimum atomic E-state index is 0.141. The SMILES string of the molecule is CCn1cc(SC)c(=O)c2ccccc21. The average Bonchev–Trinajstić information content (AvgIpc) is 2.30. The van der Waals surface area contributed by atoms with Crippen molar-refractivity contribution >= 4 is 22.7 Å². The van der Waals surface area contributed by atoms with Crippen LogP contribution in [0.2, 0.25) is 0 Å². The first kappa shape index (κ1) is 10.3. The Balaban J connectivity index is 2.90. The molecule has 1 aromatic heterocycles. The molecule has 1 aromatic carbocycles. The molecule has 0 unspecified atom stereocenters. The summed E-state index contributed by atoms with van der Waals surface area (Å²) in [6, 6.07) is 7.76. The molecular weight excluding hydrogens is 206 g/mol. The van der Waals surface area contributed by atoms with E-state index in [1.807, 2.05) is 36.7 Å². The Morgan fingerprint density at radius 2 is 2.07 bits per heavy atom. The molecular formula is C12H13NOS. The van der Waals surface area contributed by atoms with Crippen molar-refractivity contribution in [3.05, 3.63) is 40.7 Å². The summed E-state index contributed by atoms with van der Waals surface area (Å²) in [6.45, 7) is 2.97. The maximum absolute atomic E-state index is 12.0. The molecule has 78 valence electrons. The van der Waals surface area contributed by atoms with Crippen LogP contribution in [0.5, 0.6) is 0 Å². The van der Waals surface area contributed by atoms with Gasteiger partial charge in [0.25, 0.3) is 0 Å². The first-order valence-corrected chi connectivity index (χ1v) is 6.16. The van der Waals surface area contributed by atoms with E-state index in [1.54, 1.807) is 0 Å². The Kier molecular flexibility index (Phi) is 2.82. The van der Waals surface area contributed by atoms with Gasteiger partial charge in [0.2, 0.25) is 5.43 Å². The van der Waals surface area contributed by atoms with Crippen LogP contribution < -0.4 is 5.43 Å². The zero-order chi connectivity index (χ0) is 10.8. The first-order valence-electron chi connectivity index (χ1n) is 4.94. The van der Waals surface area contributed by atoms with E-state index >= 15 is 0 Å². The minimum absolute atomic E-state index is 0.141. The number of aromatic nitrogens is 1. The lowest BCUT2D eigenvalue weighted by molar-refractivity contribution is 0.775. The van der Waals surface area contributed by atoms with E-state index in [9.17, 15) is 4.79 Å². The number of aryl methyl sites for hydroxylation is 1. The number of nitrogens with zero attached hydrogens (tertiary/aromatic N) is 1. The molecule has 15 heavy (non-hydrogen) atoms. The molecule has 0 saturated heterocycles. The van der Waals surface area contributed by atoms with Gasteiger partial charge < -0.3 is 4.57 Å². The van der Waals surface area contributed by atoms with Gasteiger partial charge in [-0.1, -0.05) is 12.1 Å². The van der Waals surface area contributed by atoms with Gasteiger partial charge in [-0.2, -0.15) is 0 Å². The molecule has 2 aromatic rings. The second-order valence-corrected chi connectivity index (χ2v) is 4.18. The van der Waals surface area contributed by atoms with Crippen molar-refractivity contribution in [1.29, 1.82) is 0 Å². The Labute approximate surface area is 92.9 Å². The molecule has 1 heterocycles. The van der Waals surface area contributed by atoms with Gasteiger partial charge in [-0.15, -0.1) is 11.8 Å². The van der Waals surface area contributed by atoms with Crippen LogP contribution >= 0.6 is 11.8 Å². The van der Waals surface area contributed by atoms with Crippen LogP contribution in [0, 0.1) is 0 Å². The van der Waals surface area contributed by atoms with Crippen molar-refractivity contribution in [2.45, 2.75) is 18.4 Å². The number of pyridine rings is 1. The molecule has 0 aliphatic rings. The summed E-state index contributed by atoms with van der Waals surface area (Å²) in [4.78, 5) is 12.8. The van der Waals surface area contributed by atoms with Gasteiger partial charge in [0.15, 0.2) is 0 Å². The van der Waals surface area contributed by atoms with Crippen LogP contribution in [-0.2, 0) is 6.54 Å². The lowest BCUT2D eigenvalue weighted by Crippen LogP contribution is -2.10. The van der Waals surface area contributed by atoms with Gasteiger partial charge in [-0.25, -0.2) is 0 Å². The second kappa shape index (κ2) is 4.11. The van der Waals surface area contributed by atoms with E-state index in [2.05, 4.69) is 11.5 Å². The van der Waals surface area contributed by atoms with Crippen molar-refractivity contribution in [2.24, 2.45) is 0 Å². The van der Waals surface area contributed by atoms with E-state index in [0.29, 0.717) is 0 Å². The van der Waals surface area contributed by atoms with Gasteiger partial charge in [-0.3, -0.25) is 4.79 Å². The molecule has 0 N–H and O–H groups in total. The molecule has 0 saturated carbocycles. The van der Waals surface area contributed by atoms with Gasteiger partial charge in [0.05, 0.1) is 10.4 Å². The fourth-order valence-corrected chi connectivity index (χ4v) is 2.25. The Hall–Kier alpha value is -1.22. The number of hydrogen-bond acceptors (Lipinski definition) is 2. The van der Waals surface area contributed by atoms with Crippen molar-refractivity contribution < 1.29 is 0 Å². The standard InChI is InChI=1S/C12H13NOS/c1-3-13-8-11(15-2)12(14)9-6-4-5-7-10(9)13/h4-8H,3H2,1-2H3. The third-order valence-corrected chi connectivity index (χ3v) is 3.25. The second-order valence-electron chi connectivity index (χ2n) is 3.33. The van der Waals surface area contributed by atoms with Crippen molar-refractivity contribution in [3.63, 3.8) is 0 Å². The summed E-state index contributed by atoms with van der Waals surface area (Å²) < 4.78 is 2.11. The molecule has 0 aliphatic heterocycles. The number of benzene rings is 1. The van der Waals surface area contributed by atoms with Gasteiger partial charge in [-0.05, 0) is 25.3 Å². The molecule has 2 rings (SSSR count). The van der Waals surface area contributed by atoms with Crippen LogP contribution in [0.25, 0.3) is 10.9 Å². The van der Waals surface area contributed by atoms with Crippen LogP contribution in [0.3, 0.4) is 0 Å². The van der Waals surface area contributed by atoms with Gasteiger partial charge in [0, 0.05) is 18.1 Å². The lowest BCUT2D eigenvalue weighted by Gasteiger charge is -2.09. The van der Waals surface area contributed by atoms with E-state index in [4.69, 9.17) is 0 Å². The van der Waals surface area contributed by atoms with E-state index < -0.39 is 0 Å². The summed E-state index contributed by atoms with van der Waals surface area (Å²) in [5.41, 5.74) is 1.16. The van der Waals surface area contributed by atoms with Gasteiger partial charge in [0.1, 0.15) is 0 Å². The highest BCUT2D eigenvalue weighted by molar-refractivity contribution is 7.98. The highest BCUT2D eigenvalue weighted by Crippen LogP contribution is 2.16. The first-order chi connectivity index (χ1) is 7.27. The molecule has 0 fully saturated rings. The van der Waals surface area contributed by atoms with Crippen LogP contribution in [0.15, 0.2) is 40.2 Å². The Bertz CT molecular complexity index is 545. The van der Waals surface area contributed by atoms with Crippen LogP contribution in [-0.4, -0.2) is 10.8 Å². The number of hydrogen-bond donors (Lipinski definition) is 0. The molecule has 0 radical (unpaired) electrons. The third kappa shape index (κ3) is 1.67.